The Hall–Kier alpha value is -0.830. The van der Waals surface area contributed by atoms with Gasteiger partial charge < -0.3 is 11.1 Å². The van der Waals surface area contributed by atoms with Gasteiger partial charge in [-0.25, -0.2) is 8.42 Å². The van der Waals surface area contributed by atoms with Gasteiger partial charge in [-0.05, 0) is 35.0 Å². The minimum Gasteiger partial charge on any atom is -0.398 e. The Bertz CT molecular complexity index is 665. The number of amides is 1. The fraction of sp³-hybridized carbons (Fsp3) is 0.364. The maximum atomic E-state index is 12.7. The predicted molar refractivity (Wildman–Crippen MR) is 79.9 cm³/mol. The molecule has 1 atom stereocenters. The van der Waals surface area contributed by atoms with Crippen molar-refractivity contribution in [1.82, 2.24) is 9.62 Å². The molecule has 1 fully saturated rings. The molecular weight excluding hydrogens is 370 g/mol. The van der Waals surface area contributed by atoms with Crippen LogP contribution in [0.25, 0.3) is 0 Å². The molecule has 0 spiro atoms. The second-order valence-corrected chi connectivity index (χ2v) is 7.48. The molecule has 0 saturated carbocycles. The van der Waals surface area contributed by atoms with E-state index in [4.69, 9.17) is 17.3 Å². The summed E-state index contributed by atoms with van der Waals surface area (Å²) in [7, 11) is -3.86. The second-order valence-electron chi connectivity index (χ2n) is 4.39. The Morgan fingerprint density at radius 1 is 1.50 bits per heavy atom. The van der Waals surface area contributed by atoms with Gasteiger partial charge in [-0.15, -0.1) is 0 Å². The van der Waals surface area contributed by atoms with E-state index in [0.717, 1.165) is 4.31 Å². The first-order valence-electron chi connectivity index (χ1n) is 5.79. The standard InChI is InChI=1S/C11H13BrClN3O3S/c1-6-11(17)15-2-3-16(6)20(18,19)9-5-7(13)4-8(14)10(9)12/h4-6H,2-3,14H2,1H3,(H,15,17). The van der Waals surface area contributed by atoms with Gasteiger partial charge in [-0.2, -0.15) is 4.31 Å². The summed E-state index contributed by atoms with van der Waals surface area (Å²) in [6, 6.07) is 1.99. The minimum atomic E-state index is -3.86. The summed E-state index contributed by atoms with van der Waals surface area (Å²) in [6.07, 6.45) is 0. The molecule has 1 aromatic rings. The Balaban J connectivity index is 2.53. The van der Waals surface area contributed by atoms with E-state index in [2.05, 4.69) is 21.2 Å². The molecule has 1 heterocycles. The molecule has 9 heteroatoms. The van der Waals surface area contributed by atoms with Gasteiger partial charge in [-0.1, -0.05) is 11.6 Å². The molecule has 6 nitrogen and oxygen atoms in total. The van der Waals surface area contributed by atoms with E-state index in [1.54, 1.807) is 0 Å². The molecule has 0 radical (unpaired) electrons. The lowest BCUT2D eigenvalue weighted by atomic mass is 10.2. The van der Waals surface area contributed by atoms with Crippen LogP contribution in [0.4, 0.5) is 5.69 Å². The van der Waals surface area contributed by atoms with Gasteiger partial charge >= 0.3 is 0 Å². The van der Waals surface area contributed by atoms with Crippen molar-refractivity contribution in [3.8, 4) is 0 Å². The molecule has 1 amide bonds. The van der Waals surface area contributed by atoms with Gasteiger partial charge in [0.05, 0.1) is 9.37 Å². The zero-order valence-electron chi connectivity index (χ0n) is 10.6. The van der Waals surface area contributed by atoms with E-state index >= 15 is 0 Å². The van der Waals surface area contributed by atoms with Gasteiger partial charge in [0, 0.05) is 23.8 Å². The number of hydrogen-bond acceptors (Lipinski definition) is 4. The molecule has 1 saturated heterocycles. The molecule has 2 rings (SSSR count). The molecule has 0 aliphatic carbocycles. The summed E-state index contributed by atoms with van der Waals surface area (Å²) in [4.78, 5) is 11.6. The lowest BCUT2D eigenvalue weighted by molar-refractivity contribution is -0.126. The highest BCUT2D eigenvalue weighted by molar-refractivity contribution is 9.10. The molecule has 1 aromatic carbocycles. The van der Waals surface area contributed by atoms with Crippen LogP contribution in [0.15, 0.2) is 21.5 Å². The van der Waals surface area contributed by atoms with Crippen LogP contribution in [-0.2, 0) is 14.8 Å². The van der Waals surface area contributed by atoms with Crippen molar-refractivity contribution in [2.75, 3.05) is 18.8 Å². The van der Waals surface area contributed by atoms with E-state index in [1.165, 1.54) is 19.1 Å². The Morgan fingerprint density at radius 3 is 2.80 bits per heavy atom. The molecule has 1 unspecified atom stereocenters. The van der Waals surface area contributed by atoms with Crippen LogP contribution in [0.5, 0.6) is 0 Å². The third-order valence-electron chi connectivity index (χ3n) is 3.06. The van der Waals surface area contributed by atoms with Crippen LogP contribution in [0.3, 0.4) is 0 Å². The van der Waals surface area contributed by atoms with Crippen molar-refractivity contribution in [3.05, 3.63) is 21.6 Å². The first kappa shape index (κ1) is 15.6. The summed E-state index contributed by atoms with van der Waals surface area (Å²) < 4.78 is 26.7. The number of nitrogens with one attached hydrogen (secondary N) is 1. The number of carbonyl (C=O) groups is 1. The number of carbonyl (C=O) groups excluding carboxylic acids is 1. The van der Waals surface area contributed by atoms with Gasteiger partial charge in [0.2, 0.25) is 15.9 Å². The average Bonchev–Trinajstić information content (AvgIpc) is 2.36. The summed E-state index contributed by atoms with van der Waals surface area (Å²) in [5.74, 6) is -0.328. The molecule has 20 heavy (non-hydrogen) atoms. The molecule has 3 N–H and O–H groups in total. The number of piperazine rings is 1. The number of benzene rings is 1. The molecule has 1 aliphatic rings. The zero-order chi connectivity index (χ0) is 15.1. The molecule has 0 bridgehead atoms. The first-order valence-corrected chi connectivity index (χ1v) is 8.40. The number of nitrogen functional groups attached to an aromatic ring is 1. The largest absolute Gasteiger partial charge is 0.398 e. The highest BCUT2D eigenvalue weighted by Crippen LogP contribution is 2.34. The second kappa shape index (κ2) is 5.51. The van der Waals surface area contributed by atoms with Crippen molar-refractivity contribution in [1.29, 1.82) is 0 Å². The van der Waals surface area contributed by atoms with Gasteiger partial charge in [0.1, 0.15) is 6.04 Å². The molecule has 1 aliphatic heterocycles. The van der Waals surface area contributed by atoms with Crippen LogP contribution in [0.1, 0.15) is 6.92 Å². The number of nitrogens with two attached hydrogens (primary N) is 1. The van der Waals surface area contributed by atoms with Crippen molar-refractivity contribution >= 4 is 49.1 Å². The number of anilines is 1. The maximum Gasteiger partial charge on any atom is 0.245 e. The smallest absolute Gasteiger partial charge is 0.245 e. The number of rotatable bonds is 2. The molecule has 110 valence electrons. The van der Waals surface area contributed by atoms with Crippen LogP contribution in [0, 0.1) is 0 Å². The Kier molecular flexibility index (Phi) is 4.29. The van der Waals surface area contributed by atoms with E-state index in [1.807, 2.05) is 0 Å². The van der Waals surface area contributed by atoms with E-state index in [9.17, 15) is 13.2 Å². The Morgan fingerprint density at radius 2 is 2.15 bits per heavy atom. The third-order valence-corrected chi connectivity index (χ3v) is 6.42. The maximum absolute atomic E-state index is 12.7. The summed E-state index contributed by atoms with van der Waals surface area (Å²) in [5, 5.41) is 2.84. The number of hydrogen-bond donors (Lipinski definition) is 2. The van der Waals surface area contributed by atoms with Gasteiger partial charge in [-0.3, -0.25) is 4.79 Å². The highest BCUT2D eigenvalue weighted by Gasteiger charge is 2.36. The quantitative estimate of drug-likeness (QED) is 0.752. The van der Waals surface area contributed by atoms with Crippen LogP contribution >= 0.6 is 27.5 Å². The van der Waals surface area contributed by atoms with Crippen molar-refractivity contribution in [2.45, 2.75) is 17.9 Å². The van der Waals surface area contributed by atoms with E-state index < -0.39 is 16.1 Å². The number of halogens is 2. The van der Waals surface area contributed by atoms with Crippen LogP contribution in [0.2, 0.25) is 5.02 Å². The van der Waals surface area contributed by atoms with Gasteiger partial charge in [0.15, 0.2) is 0 Å². The normalized spacial score (nSPS) is 20.8. The summed E-state index contributed by atoms with van der Waals surface area (Å²) in [6.45, 7) is 2.01. The van der Waals surface area contributed by atoms with Crippen LogP contribution < -0.4 is 11.1 Å². The third kappa shape index (κ3) is 2.65. The lowest BCUT2D eigenvalue weighted by Crippen LogP contribution is -2.55. The van der Waals surface area contributed by atoms with E-state index in [0.29, 0.717) is 0 Å². The number of sulfonamides is 1. The topological polar surface area (TPSA) is 92.5 Å². The van der Waals surface area contributed by atoms with Crippen molar-refractivity contribution in [3.63, 3.8) is 0 Å². The summed E-state index contributed by atoms with van der Waals surface area (Å²) >= 11 is 9.03. The summed E-state index contributed by atoms with van der Waals surface area (Å²) in [5.41, 5.74) is 5.94. The first-order chi connectivity index (χ1) is 9.25. The highest BCUT2D eigenvalue weighted by atomic mass is 79.9. The van der Waals surface area contributed by atoms with Crippen molar-refractivity contribution < 1.29 is 13.2 Å². The fourth-order valence-corrected chi connectivity index (χ4v) is 4.84. The fourth-order valence-electron chi connectivity index (χ4n) is 1.99. The monoisotopic (exact) mass is 381 g/mol. The van der Waals surface area contributed by atoms with Crippen molar-refractivity contribution in [2.24, 2.45) is 0 Å². The number of nitrogens with zero attached hydrogens (tertiary/aromatic N) is 1. The van der Waals surface area contributed by atoms with Crippen LogP contribution in [-0.4, -0.2) is 37.8 Å². The zero-order valence-corrected chi connectivity index (χ0v) is 13.7. The lowest BCUT2D eigenvalue weighted by Gasteiger charge is -2.32. The SMILES string of the molecule is CC1C(=O)NCCN1S(=O)(=O)c1cc(Cl)cc(N)c1Br. The Labute approximate surface area is 130 Å². The minimum absolute atomic E-state index is 0.0379. The predicted octanol–water partition coefficient (Wildman–Crippen LogP) is 1.19. The molecular formula is C11H13BrClN3O3S. The average molecular weight is 383 g/mol. The van der Waals surface area contributed by atoms with Gasteiger partial charge in [0.25, 0.3) is 0 Å². The van der Waals surface area contributed by atoms with E-state index in [-0.39, 0.29) is 39.1 Å². The molecule has 0 aromatic heterocycles.